The minimum Gasteiger partial charge on any atom is -0.463 e. The molecule has 10 heteroatoms. The van der Waals surface area contributed by atoms with Gasteiger partial charge in [0.2, 0.25) is 5.91 Å². The van der Waals surface area contributed by atoms with Crippen molar-refractivity contribution in [1.82, 2.24) is 4.90 Å². The third kappa shape index (κ3) is 5.82. The monoisotopic (exact) mass is 424 g/mol. The molecule has 0 bridgehead atoms. The van der Waals surface area contributed by atoms with Crippen LogP contribution < -0.4 is 5.73 Å². The first-order chi connectivity index (χ1) is 14.3. The van der Waals surface area contributed by atoms with E-state index in [1.54, 1.807) is 33.0 Å². The van der Waals surface area contributed by atoms with Crippen molar-refractivity contribution < 1.29 is 38.1 Å². The summed E-state index contributed by atoms with van der Waals surface area (Å²) in [5.41, 5.74) is 5.72. The third-order valence-corrected chi connectivity index (χ3v) is 4.63. The van der Waals surface area contributed by atoms with E-state index in [0.29, 0.717) is 12.0 Å². The Labute approximate surface area is 174 Å². The number of ether oxygens (including phenoxy) is 4. The second-order valence-corrected chi connectivity index (χ2v) is 6.77. The molecule has 2 aliphatic rings. The molecule has 2 aliphatic heterocycles. The first kappa shape index (κ1) is 23.4. The average Bonchev–Trinajstić information content (AvgIpc) is 3.08. The summed E-state index contributed by atoms with van der Waals surface area (Å²) in [6, 6.07) is 0. The first-order valence-electron chi connectivity index (χ1n) is 9.95. The Kier molecular flexibility index (Phi) is 8.40. The van der Waals surface area contributed by atoms with Crippen molar-refractivity contribution in [3.63, 3.8) is 0 Å². The lowest BCUT2D eigenvalue weighted by Crippen LogP contribution is -2.45. The first-order valence-corrected chi connectivity index (χ1v) is 9.95. The highest BCUT2D eigenvalue weighted by molar-refractivity contribution is 5.92. The second kappa shape index (κ2) is 10.8. The van der Waals surface area contributed by atoms with E-state index in [4.69, 9.17) is 24.7 Å². The lowest BCUT2D eigenvalue weighted by atomic mass is 10.1. The lowest BCUT2D eigenvalue weighted by Gasteiger charge is -2.30. The molecule has 0 aromatic carbocycles. The molecule has 2 heterocycles. The predicted octanol–water partition coefficient (Wildman–Crippen LogP) is 0.897. The highest BCUT2D eigenvalue weighted by Crippen LogP contribution is 2.32. The molecule has 4 atom stereocenters. The molecule has 0 aliphatic carbocycles. The fourth-order valence-electron chi connectivity index (χ4n) is 3.00. The topological polar surface area (TPSA) is 134 Å². The van der Waals surface area contributed by atoms with Gasteiger partial charge in [0, 0.05) is 37.2 Å². The van der Waals surface area contributed by atoms with Crippen molar-refractivity contribution in [2.75, 3.05) is 6.61 Å². The van der Waals surface area contributed by atoms with Gasteiger partial charge in [0.1, 0.15) is 12.7 Å². The number of hydrogen-bond donors (Lipinski definition) is 1. The Morgan fingerprint density at radius 3 is 2.20 bits per heavy atom. The van der Waals surface area contributed by atoms with Crippen LogP contribution in [0.3, 0.4) is 0 Å². The van der Waals surface area contributed by atoms with Gasteiger partial charge in [-0.2, -0.15) is 0 Å². The number of nitrogens with two attached hydrogens (primary N) is 1. The summed E-state index contributed by atoms with van der Waals surface area (Å²) >= 11 is 0. The highest BCUT2D eigenvalue weighted by Gasteiger charge is 2.51. The van der Waals surface area contributed by atoms with Gasteiger partial charge in [-0.05, 0) is 6.42 Å². The summed E-state index contributed by atoms with van der Waals surface area (Å²) in [4.78, 5) is 48.8. The van der Waals surface area contributed by atoms with Crippen LogP contribution in [0.25, 0.3) is 0 Å². The number of nitrogens with zero attached hydrogens (tertiary/aromatic N) is 1. The van der Waals surface area contributed by atoms with Crippen LogP contribution >= 0.6 is 0 Å². The zero-order valence-corrected chi connectivity index (χ0v) is 17.4. The van der Waals surface area contributed by atoms with E-state index < -0.39 is 48.4 Å². The van der Waals surface area contributed by atoms with E-state index in [1.807, 2.05) is 0 Å². The third-order valence-electron chi connectivity index (χ3n) is 4.63. The number of rotatable bonds is 9. The van der Waals surface area contributed by atoms with Crippen LogP contribution in [0, 0.1) is 0 Å². The van der Waals surface area contributed by atoms with Gasteiger partial charge in [-0.25, -0.2) is 0 Å². The van der Waals surface area contributed by atoms with Gasteiger partial charge in [0.25, 0.3) is 0 Å². The molecule has 1 amide bonds. The average molecular weight is 424 g/mol. The second-order valence-electron chi connectivity index (χ2n) is 6.77. The van der Waals surface area contributed by atoms with Crippen molar-refractivity contribution in [2.45, 2.75) is 71.0 Å². The Bertz CT molecular complexity index is 732. The number of primary amides is 1. The predicted molar refractivity (Wildman–Crippen MR) is 103 cm³/mol. The van der Waals surface area contributed by atoms with Crippen LogP contribution in [0.1, 0.15) is 46.5 Å². The largest absolute Gasteiger partial charge is 0.463 e. The summed E-state index contributed by atoms with van der Waals surface area (Å²) in [7, 11) is 0. The molecule has 0 spiro atoms. The fraction of sp³-hybridized carbons (Fsp3) is 0.600. The van der Waals surface area contributed by atoms with E-state index >= 15 is 0 Å². The summed E-state index contributed by atoms with van der Waals surface area (Å²) in [6.45, 7) is 4.72. The molecule has 0 aromatic rings. The molecular weight excluding hydrogens is 396 g/mol. The lowest BCUT2D eigenvalue weighted by molar-refractivity contribution is -0.169. The van der Waals surface area contributed by atoms with Crippen molar-refractivity contribution in [1.29, 1.82) is 0 Å². The maximum atomic E-state index is 12.1. The van der Waals surface area contributed by atoms with Crippen LogP contribution in [0.4, 0.5) is 0 Å². The molecule has 166 valence electrons. The highest BCUT2D eigenvalue weighted by atomic mass is 16.7. The van der Waals surface area contributed by atoms with Gasteiger partial charge in [0.05, 0.1) is 0 Å². The minimum atomic E-state index is -1.01. The van der Waals surface area contributed by atoms with Gasteiger partial charge in [-0.1, -0.05) is 26.8 Å². The van der Waals surface area contributed by atoms with Gasteiger partial charge in [-0.15, -0.1) is 0 Å². The van der Waals surface area contributed by atoms with Crippen molar-refractivity contribution in [3.05, 3.63) is 24.0 Å². The minimum absolute atomic E-state index is 0.103. The summed E-state index contributed by atoms with van der Waals surface area (Å²) in [6.07, 6.45) is 1.81. The van der Waals surface area contributed by atoms with E-state index in [-0.39, 0.29) is 25.9 Å². The van der Waals surface area contributed by atoms with Crippen molar-refractivity contribution in [3.8, 4) is 0 Å². The summed E-state index contributed by atoms with van der Waals surface area (Å²) in [5, 5.41) is 0. The molecule has 0 aromatic heterocycles. The van der Waals surface area contributed by atoms with Crippen LogP contribution in [0.15, 0.2) is 24.0 Å². The number of carbonyl (C=O) groups excluding carboxylic acids is 4. The number of allylic oxidation sites excluding steroid dienone is 1. The van der Waals surface area contributed by atoms with Gasteiger partial charge in [0.15, 0.2) is 18.4 Å². The Morgan fingerprint density at radius 1 is 1.03 bits per heavy atom. The maximum absolute atomic E-state index is 12.1. The van der Waals surface area contributed by atoms with Crippen molar-refractivity contribution >= 4 is 23.8 Å². The Morgan fingerprint density at radius 2 is 1.63 bits per heavy atom. The standard InChI is InChI=1S/C20H28N2O8/c1-4-14(23)27-11-13-17(29-15(24)5-2)18(30-16(25)6-3)20(28-13)22-9-7-8-12(10-22)19(21)26/h7,9-10,13,17-18,20H,4-6,8,11H2,1-3H3,(H2,21,26)/t13?,17-,18?,20?/m1/s1. The quantitative estimate of drug-likeness (QED) is 0.423. The number of hydrogen-bond acceptors (Lipinski definition) is 9. The van der Waals surface area contributed by atoms with E-state index in [2.05, 4.69) is 0 Å². The molecule has 0 radical (unpaired) electrons. The molecule has 2 rings (SSSR count). The zero-order chi connectivity index (χ0) is 22.3. The van der Waals surface area contributed by atoms with Gasteiger partial charge in [-0.3, -0.25) is 19.2 Å². The van der Waals surface area contributed by atoms with E-state index in [9.17, 15) is 19.2 Å². The number of carbonyl (C=O) groups is 4. The van der Waals surface area contributed by atoms with Crippen molar-refractivity contribution in [2.24, 2.45) is 5.73 Å². The van der Waals surface area contributed by atoms with Crippen LogP contribution in [-0.4, -0.2) is 59.9 Å². The normalized spacial score (nSPS) is 25.4. The number of esters is 3. The molecule has 1 saturated heterocycles. The Balaban J connectivity index is 2.34. The SMILES string of the molecule is CCC(=O)OCC1OC(N2C=CCC(C(N)=O)=C2)C(OC(=O)CC)[C@@H]1OC(=O)CC. The fourth-order valence-corrected chi connectivity index (χ4v) is 3.00. The van der Waals surface area contributed by atoms with Crippen LogP contribution in [0.2, 0.25) is 0 Å². The van der Waals surface area contributed by atoms with Crippen LogP contribution in [-0.2, 0) is 38.1 Å². The molecular formula is C20H28N2O8. The molecule has 2 N–H and O–H groups in total. The van der Waals surface area contributed by atoms with E-state index in [1.165, 1.54) is 11.1 Å². The zero-order valence-electron chi connectivity index (χ0n) is 17.4. The molecule has 10 nitrogen and oxygen atoms in total. The van der Waals surface area contributed by atoms with Gasteiger partial charge >= 0.3 is 17.9 Å². The number of amides is 1. The van der Waals surface area contributed by atoms with E-state index in [0.717, 1.165) is 0 Å². The van der Waals surface area contributed by atoms with Gasteiger partial charge < -0.3 is 29.6 Å². The molecule has 3 unspecified atom stereocenters. The summed E-state index contributed by atoms with van der Waals surface area (Å²) < 4.78 is 22.2. The Hall–Kier alpha value is -2.88. The molecule has 30 heavy (non-hydrogen) atoms. The molecule has 0 saturated carbocycles. The summed E-state index contributed by atoms with van der Waals surface area (Å²) in [5.74, 6) is -2.07. The smallest absolute Gasteiger partial charge is 0.306 e. The maximum Gasteiger partial charge on any atom is 0.306 e. The van der Waals surface area contributed by atoms with Crippen LogP contribution in [0.5, 0.6) is 0 Å². The molecule has 1 fully saturated rings.